The molecule has 2 fully saturated rings. The van der Waals surface area contributed by atoms with Crippen molar-refractivity contribution in [1.82, 2.24) is 0 Å². The number of fused-ring (bicyclic) bond motifs is 1. The molecule has 0 radical (unpaired) electrons. The van der Waals surface area contributed by atoms with E-state index in [1.165, 1.54) is 0 Å². The molecule has 0 spiro atoms. The maximum Gasteiger partial charge on any atom is 0.303 e. The van der Waals surface area contributed by atoms with Crippen LogP contribution in [0.3, 0.4) is 0 Å². The molecular weight excluding hydrogens is 208 g/mol. The van der Waals surface area contributed by atoms with Crippen LogP contribution in [0.5, 0.6) is 0 Å². The van der Waals surface area contributed by atoms with Crippen molar-refractivity contribution >= 4 is 11.8 Å². The molecule has 3 unspecified atom stereocenters. The van der Waals surface area contributed by atoms with Crippen LogP contribution in [0.1, 0.15) is 32.1 Å². The average molecular weight is 224 g/mol. The van der Waals surface area contributed by atoms with Crippen LogP contribution < -0.4 is 0 Å². The van der Waals surface area contributed by atoms with E-state index in [1.54, 1.807) is 0 Å². The van der Waals surface area contributed by atoms with E-state index in [9.17, 15) is 9.59 Å². The van der Waals surface area contributed by atoms with Gasteiger partial charge in [0.2, 0.25) is 0 Å². The smallest absolute Gasteiger partial charge is 0.303 e. The van der Waals surface area contributed by atoms with Crippen molar-refractivity contribution in [3.05, 3.63) is 12.2 Å². The first-order valence-corrected chi connectivity index (χ1v) is 5.73. The lowest BCUT2D eigenvalue weighted by atomic mass is 10.0. The van der Waals surface area contributed by atoms with Gasteiger partial charge in [-0.2, -0.15) is 0 Å². The molecule has 1 saturated carbocycles. The van der Waals surface area contributed by atoms with Crippen LogP contribution in [0.25, 0.3) is 0 Å². The summed E-state index contributed by atoms with van der Waals surface area (Å²) < 4.78 is 5.31. The third-order valence-corrected chi connectivity index (χ3v) is 3.15. The van der Waals surface area contributed by atoms with Crippen LogP contribution in [0.15, 0.2) is 12.2 Å². The Bertz CT molecular complexity index is 321. The molecule has 0 aromatic heterocycles. The van der Waals surface area contributed by atoms with Crippen molar-refractivity contribution in [2.24, 2.45) is 5.92 Å². The number of carbonyl (C=O) groups is 2. The number of ether oxygens (including phenoxy) is 1. The first-order valence-electron chi connectivity index (χ1n) is 5.73. The van der Waals surface area contributed by atoms with E-state index in [0.717, 1.165) is 12.8 Å². The van der Waals surface area contributed by atoms with Crippen molar-refractivity contribution in [3.8, 4) is 0 Å². The van der Waals surface area contributed by atoms with Crippen molar-refractivity contribution in [3.63, 3.8) is 0 Å². The molecule has 2 aliphatic rings. The Morgan fingerprint density at radius 3 is 2.94 bits per heavy atom. The second kappa shape index (κ2) is 4.78. The number of carboxylic acid groups (broad SMARTS) is 1. The van der Waals surface area contributed by atoms with Gasteiger partial charge in [-0.1, -0.05) is 12.2 Å². The topological polar surface area (TPSA) is 66.9 Å². The Morgan fingerprint density at radius 2 is 2.31 bits per heavy atom. The predicted molar refractivity (Wildman–Crippen MR) is 57.0 cm³/mol. The van der Waals surface area contributed by atoms with Crippen LogP contribution >= 0.6 is 0 Å². The summed E-state index contributed by atoms with van der Waals surface area (Å²) in [5.41, 5.74) is 0. The number of hydrogen-bond acceptors (Lipinski definition) is 3. The SMILES string of the molecule is O=C(O)CCC/C=C/CC1C(=O)CC2OC21. The molecule has 1 aliphatic heterocycles. The maximum absolute atomic E-state index is 11.4. The Morgan fingerprint density at radius 1 is 1.50 bits per heavy atom. The third kappa shape index (κ3) is 2.70. The fourth-order valence-corrected chi connectivity index (χ4v) is 2.20. The van der Waals surface area contributed by atoms with E-state index in [2.05, 4.69) is 0 Å². The van der Waals surface area contributed by atoms with E-state index in [1.807, 2.05) is 12.2 Å². The molecule has 1 aliphatic carbocycles. The van der Waals surface area contributed by atoms with Gasteiger partial charge < -0.3 is 9.84 Å². The number of hydrogen-bond donors (Lipinski definition) is 1. The zero-order chi connectivity index (χ0) is 11.5. The van der Waals surface area contributed by atoms with Gasteiger partial charge >= 0.3 is 5.97 Å². The molecule has 88 valence electrons. The highest BCUT2D eigenvalue weighted by atomic mass is 16.6. The molecule has 4 heteroatoms. The first kappa shape index (κ1) is 11.3. The maximum atomic E-state index is 11.4. The molecular formula is C12H16O4. The summed E-state index contributed by atoms with van der Waals surface area (Å²) in [6, 6.07) is 0. The molecule has 0 aromatic rings. The Labute approximate surface area is 94.3 Å². The zero-order valence-electron chi connectivity index (χ0n) is 9.09. The van der Waals surface area contributed by atoms with Gasteiger partial charge in [0.25, 0.3) is 0 Å². The Kier molecular flexibility index (Phi) is 3.39. The van der Waals surface area contributed by atoms with Gasteiger partial charge in [-0.15, -0.1) is 0 Å². The summed E-state index contributed by atoms with van der Waals surface area (Å²) in [5, 5.41) is 8.43. The first-order chi connectivity index (χ1) is 7.68. The van der Waals surface area contributed by atoms with Crippen molar-refractivity contribution in [1.29, 1.82) is 0 Å². The fourth-order valence-electron chi connectivity index (χ4n) is 2.20. The second-order valence-electron chi connectivity index (χ2n) is 4.41. The van der Waals surface area contributed by atoms with E-state index in [4.69, 9.17) is 9.84 Å². The van der Waals surface area contributed by atoms with Crippen LogP contribution in [-0.4, -0.2) is 29.1 Å². The number of ketones is 1. The molecule has 1 saturated heterocycles. The summed E-state index contributed by atoms with van der Waals surface area (Å²) >= 11 is 0. The summed E-state index contributed by atoms with van der Waals surface area (Å²) in [6.45, 7) is 0. The predicted octanol–water partition coefficient (Wildman–Crippen LogP) is 1.54. The summed E-state index contributed by atoms with van der Waals surface area (Å²) in [4.78, 5) is 21.7. The molecule has 16 heavy (non-hydrogen) atoms. The minimum atomic E-state index is -0.756. The number of epoxide rings is 1. The van der Waals surface area contributed by atoms with Gasteiger partial charge in [0, 0.05) is 12.8 Å². The standard InChI is InChI=1S/C12H16O4/c13-9-7-10-12(16-10)8(9)5-3-1-2-4-6-11(14)15/h1,3,8,10,12H,2,4-7H2,(H,14,15)/b3-1+. The van der Waals surface area contributed by atoms with Gasteiger partial charge in [0.15, 0.2) is 0 Å². The minimum Gasteiger partial charge on any atom is -0.481 e. The number of Topliss-reactive ketones (excluding diaryl/α,β-unsaturated/α-hetero) is 1. The zero-order valence-corrected chi connectivity index (χ0v) is 9.09. The van der Waals surface area contributed by atoms with Crippen molar-refractivity contribution in [2.45, 2.75) is 44.3 Å². The van der Waals surface area contributed by atoms with Crippen molar-refractivity contribution < 1.29 is 19.4 Å². The van der Waals surface area contributed by atoms with Crippen LogP contribution in [0.2, 0.25) is 0 Å². The van der Waals surface area contributed by atoms with E-state index >= 15 is 0 Å². The number of carbonyl (C=O) groups excluding carboxylic acids is 1. The Balaban J connectivity index is 1.61. The molecule has 2 rings (SSSR count). The third-order valence-electron chi connectivity index (χ3n) is 3.15. The van der Waals surface area contributed by atoms with Gasteiger partial charge in [0.1, 0.15) is 5.78 Å². The summed E-state index contributed by atoms with van der Waals surface area (Å²) in [7, 11) is 0. The highest BCUT2D eigenvalue weighted by molar-refractivity contribution is 5.86. The largest absolute Gasteiger partial charge is 0.481 e. The quantitative estimate of drug-likeness (QED) is 0.422. The number of carboxylic acids is 1. The average Bonchev–Trinajstić information content (AvgIpc) is 2.89. The molecule has 4 nitrogen and oxygen atoms in total. The minimum absolute atomic E-state index is 0.0562. The number of unbranched alkanes of at least 4 members (excludes halogenated alkanes) is 1. The van der Waals surface area contributed by atoms with Gasteiger partial charge in [-0.3, -0.25) is 9.59 Å². The molecule has 1 heterocycles. The van der Waals surface area contributed by atoms with Crippen LogP contribution in [-0.2, 0) is 14.3 Å². The monoisotopic (exact) mass is 224 g/mol. The normalized spacial score (nSPS) is 32.0. The van der Waals surface area contributed by atoms with E-state index in [0.29, 0.717) is 18.6 Å². The lowest BCUT2D eigenvalue weighted by Crippen LogP contribution is -2.13. The second-order valence-corrected chi connectivity index (χ2v) is 4.41. The summed E-state index contributed by atoms with van der Waals surface area (Å²) in [6.07, 6.45) is 7.29. The molecule has 0 bridgehead atoms. The number of rotatable bonds is 6. The van der Waals surface area contributed by atoms with Crippen LogP contribution in [0.4, 0.5) is 0 Å². The van der Waals surface area contributed by atoms with Gasteiger partial charge in [0.05, 0.1) is 18.1 Å². The summed E-state index contributed by atoms with van der Waals surface area (Å²) in [5.74, 6) is -0.384. The van der Waals surface area contributed by atoms with Crippen LogP contribution in [0, 0.1) is 5.92 Å². The molecule has 0 amide bonds. The van der Waals surface area contributed by atoms with Gasteiger partial charge in [-0.05, 0) is 19.3 Å². The van der Waals surface area contributed by atoms with E-state index < -0.39 is 5.97 Å². The lowest BCUT2D eigenvalue weighted by molar-refractivity contribution is -0.137. The highest BCUT2D eigenvalue weighted by Crippen LogP contribution is 2.42. The molecule has 3 atom stereocenters. The van der Waals surface area contributed by atoms with Gasteiger partial charge in [-0.25, -0.2) is 0 Å². The number of allylic oxidation sites excluding steroid dienone is 2. The molecule has 1 N–H and O–H groups in total. The lowest BCUT2D eigenvalue weighted by Gasteiger charge is -2.04. The van der Waals surface area contributed by atoms with Crippen molar-refractivity contribution in [2.75, 3.05) is 0 Å². The molecule has 0 aromatic carbocycles. The highest BCUT2D eigenvalue weighted by Gasteiger charge is 2.54. The fraction of sp³-hybridized carbons (Fsp3) is 0.667. The van der Waals surface area contributed by atoms with E-state index in [-0.39, 0.29) is 24.5 Å². The Hall–Kier alpha value is -1.16. The number of aliphatic carboxylic acids is 1.